The first-order chi connectivity index (χ1) is 14.0. The number of rotatable bonds is 3. The third kappa shape index (κ3) is 4.11. The van der Waals surface area contributed by atoms with Gasteiger partial charge in [-0.3, -0.25) is 4.57 Å². The largest absolute Gasteiger partial charge is 0.355 e. The van der Waals surface area contributed by atoms with Crippen LogP contribution in [0.5, 0.6) is 0 Å². The van der Waals surface area contributed by atoms with Crippen molar-refractivity contribution in [2.75, 3.05) is 0 Å². The van der Waals surface area contributed by atoms with E-state index in [1.54, 1.807) is 30.6 Å². The van der Waals surface area contributed by atoms with Crippen molar-refractivity contribution in [2.45, 2.75) is 12.4 Å². The molecule has 2 N–H and O–H groups in total. The van der Waals surface area contributed by atoms with E-state index >= 15 is 0 Å². The number of nitrogens with one attached hydrogen (secondary N) is 2. The quantitative estimate of drug-likeness (QED) is 0.623. The molecule has 1 aromatic carbocycles. The van der Waals surface area contributed by atoms with Crippen LogP contribution in [-0.4, -0.2) is 26.1 Å². The zero-order chi connectivity index (χ0) is 20.4. The van der Waals surface area contributed by atoms with Gasteiger partial charge in [0.2, 0.25) is 0 Å². The second-order valence-corrected chi connectivity index (χ2v) is 7.78. The summed E-state index contributed by atoms with van der Waals surface area (Å²) < 4.78 is 1.36. The minimum Gasteiger partial charge on any atom is -0.355 e. The molecular formula is C20H15ClN6OS. The zero-order valence-corrected chi connectivity index (χ0v) is 16.8. The van der Waals surface area contributed by atoms with E-state index in [9.17, 15) is 10.1 Å². The SMILES string of the molecule is Cc1cc(C2=C(c3cccc(C#N)c3)NC(NC(=O)n3ccnc3)S2)cc(Cl)n1. The van der Waals surface area contributed by atoms with E-state index in [0.29, 0.717) is 10.7 Å². The third-order valence-electron chi connectivity index (χ3n) is 4.20. The summed E-state index contributed by atoms with van der Waals surface area (Å²) >= 11 is 7.63. The zero-order valence-electron chi connectivity index (χ0n) is 15.3. The number of amides is 1. The summed E-state index contributed by atoms with van der Waals surface area (Å²) in [7, 11) is 0. The van der Waals surface area contributed by atoms with Crippen molar-refractivity contribution in [1.82, 2.24) is 25.2 Å². The highest BCUT2D eigenvalue weighted by Crippen LogP contribution is 2.42. The molecule has 29 heavy (non-hydrogen) atoms. The Hall–Kier alpha value is -3.28. The number of hydrogen-bond donors (Lipinski definition) is 2. The van der Waals surface area contributed by atoms with Crippen LogP contribution in [0.25, 0.3) is 10.6 Å². The van der Waals surface area contributed by atoms with Gasteiger partial charge in [0.1, 0.15) is 11.5 Å². The Labute approximate surface area is 176 Å². The predicted octanol–water partition coefficient (Wildman–Crippen LogP) is 3.82. The smallest absolute Gasteiger partial charge is 0.329 e. The van der Waals surface area contributed by atoms with Gasteiger partial charge < -0.3 is 10.6 Å². The normalized spacial score (nSPS) is 15.7. The first-order valence-electron chi connectivity index (χ1n) is 8.65. The van der Waals surface area contributed by atoms with Crippen LogP contribution in [0.15, 0.2) is 55.1 Å². The lowest BCUT2D eigenvalue weighted by molar-refractivity contribution is 0.241. The number of nitriles is 1. The highest BCUT2D eigenvalue weighted by atomic mass is 35.5. The molecule has 0 bridgehead atoms. The maximum absolute atomic E-state index is 12.4. The van der Waals surface area contributed by atoms with E-state index in [4.69, 9.17) is 11.6 Å². The van der Waals surface area contributed by atoms with E-state index in [0.717, 1.165) is 27.4 Å². The average molecular weight is 423 g/mol. The molecule has 0 spiro atoms. The highest BCUT2D eigenvalue weighted by Gasteiger charge is 2.28. The maximum atomic E-state index is 12.4. The number of carbonyl (C=O) groups excluding carboxylic acids is 1. The number of carbonyl (C=O) groups is 1. The monoisotopic (exact) mass is 422 g/mol. The summed E-state index contributed by atoms with van der Waals surface area (Å²) in [4.78, 5) is 21.4. The Morgan fingerprint density at radius 3 is 2.93 bits per heavy atom. The number of halogens is 1. The van der Waals surface area contributed by atoms with Crippen molar-refractivity contribution < 1.29 is 4.79 Å². The summed E-state index contributed by atoms with van der Waals surface area (Å²) in [6.07, 6.45) is 4.55. The minimum atomic E-state index is -0.409. The second-order valence-electron chi connectivity index (χ2n) is 6.28. The van der Waals surface area contributed by atoms with Gasteiger partial charge in [0.25, 0.3) is 0 Å². The molecule has 0 fully saturated rings. The summed E-state index contributed by atoms with van der Waals surface area (Å²) in [6.45, 7) is 1.87. The molecular weight excluding hydrogens is 408 g/mol. The van der Waals surface area contributed by atoms with Crippen LogP contribution < -0.4 is 10.6 Å². The molecule has 0 aliphatic carbocycles. The molecule has 0 saturated heterocycles. The molecule has 1 aliphatic heterocycles. The molecule has 1 atom stereocenters. The Bertz CT molecular complexity index is 1130. The fourth-order valence-electron chi connectivity index (χ4n) is 2.96. The lowest BCUT2D eigenvalue weighted by Gasteiger charge is -2.14. The molecule has 3 heterocycles. The third-order valence-corrected chi connectivity index (χ3v) is 5.54. The Morgan fingerprint density at radius 1 is 1.34 bits per heavy atom. The van der Waals surface area contributed by atoms with Crippen LogP contribution >= 0.6 is 23.4 Å². The van der Waals surface area contributed by atoms with Crippen LogP contribution in [0.2, 0.25) is 5.15 Å². The number of aryl methyl sites for hydroxylation is 1. The van der Waals surface area contributed by atoms with Gasteiger partial charge in [-0.05, 0) is 36.8 Å². The van der Waals surface area contributed by atoms with Gasteiger partial charge in [-0.2, -0.15) is 5.26 Å². The molecule has 4 rings (SSSR count). The van der Waals surface area contributed by atoms with Crippen molar-refractivity contribution in [1.29, 1.82) is 5.26 Å². The first kappa shape index (κ1) is 19.1. The number of thioether (sulfide) groups is 1. The maximum Gasteiger partial charge on any atom is 0.329 e. The van der Waals surface area contributed by atoms with Crippen LogP contribution in [0.3, 0.4) is 0 Å². The second kappa shape index (κ2) is 7.99. The lowest BCUT2D eigenvalue weighted by atomic mass is 10.1. The molecule has 144 valence electrons. The Kier molecular flexibility index (Phi) is 5.25. The van der Waals surface area contributed by atoms with Crippen LogP contribution in [0, 0.1) is 18.3 Å². The summed E-state index contributed by atoms with van der Waals surface area (Å²) in [6, 6.07) is 12.9. The number of nitrogens with zero attached hydrogens (tertiary/aromatic N) is 4. The molecule has 9 heteroatoms. The lowest BCUT2D eigenvalue weighted by Crippen LogP contribution is -2.41. The van der Waals surface area contributed by atoms with Crippen molar-refractivity contribution in [3.8, 4) is 6.07 Å². The van der Waals surface area contributed by atoms with Gasteiger partial charge in [0, 0.05) is 28.6 Å². The van der Waals surface area contributed by atoms with E-state index in [1.165, 1.54) is 22.7 Å². The van der Waals surface area contributed by atoms with E-state index in [2.05, 4.69) is 26.7 Å². The summed E-state index contributed by atoms with van der Waals surface area (Å²) in [5.74, 6) is 0. The van der Waals surface area contributed by atoms with Crippen molar-refractivity contribution in [2.24, 2.45) is 0 Å². The molecule has 2 aromatic heterocycles. The summed E-state index contributed by atoms with van der Waals surface area (Å²) in [5.41, 5.74) is 3.47. The van der Waals surface area contributed by atoms with Crippen LogP contribution in [-0.2, 0) is 0 Å². The van der Waals surface area contributed by atoms with E-state index < -0.39 is 5.50 Å². The minimum absolute atomic E-state index is 0.303. The van der Waals surface area contributed by atoms with Crippen molar-refractivity contribution in [3.05, 3.63) is 82.7 Å². The number of pyridine rings is 1. The molecule has 0 radical (unpaired) electrons. The predicted molar refractivity (Wildman–Crippen MR) is 113 cm³/mol. The van der Waals surface area contributed by atoms with E-state index in [-0.39, 0.29) is 6.03 Å². The molecule has 0 saturated carbocycles. The van der Waals surface area contributed by atoms with Gasteiger partial charge >= 0.3 is 6.03 Å². The number of hydrogen-bond acceptors (Lipinski definition) is 6. The number of aromatic nitrogens is 3. The molecule has 7 nitrogen and oxygen atoms in total. The molecule has 1 unspecified atom stereocenters. The summed E-state index contributed by atoms with van der Waals surface area (Å²) in [5, 5.41) is 15.9. The molecule has 3 aromatic rings. The van der Waals surface area contributed by atoms with Gasteiger partial charge in [-0.15, -0.1) is 0 Å². The Morgan fingerprint density at radius 2 is 2.21 bits per heavy atom. The number of imidazole rings is 1. The van der Waals surface area contributed by atoms with Gasteiger partial charge in [0.05, 0.1) is 17.3 Å². The van der Waals surface area contributed by atoms with Crippen LogP contribution in [0.4, 0.5) is 4.79 Å². The van der Waals surface area contributed by atoms with Crippen molar-refractivity contribution in [3.63, 3.8) is 0 Å². The standard InChI is InChI=1S/C20H15ClN6OS/c1-12-7-15(9-16(21)24-12)18-17(14-4-2-3-13(8-14)10-22)25-19(29-18)26-20(28)27-6-5-23-11-27/h2-9,11,19,25H,1H3,(H,26,28). The van der Waals surface area contributed by atoms with Gasteiger partial charge in [0.15, 0.2) is 5.50 Å². The first-order valence-corrected chi connectivity index (χ1v) is 9.90. The van der Waals surface area contributed by atoms with Gasteiger partial charge in [-0.25, -0.2) is 14.8 Å². The highest BCUT2D eigenvalue weighted by molar-refractivity contribution is 8.09. The fraction of sp³-hybridized carbons (Fsp3) is 0.100. The molecule has 1 amide bonds. The number of benzene rings is 1. The molecule has 1 aliphatic rings. The average Bonchev–Trinajstić information content (AvgIpc) is 3.37. The van der Waals surface area contributed by atoms with Gasteiger partial charge in [-0.1, -0.05) is 35.5 Å². The topological polar surface area (TPSA) is 95.6 Å². The fourth-order valence-corrected chi connectivity index (χ4v) is 4.34. The van der Waals surface area contributed by atoms with Crippen LogP contribution in [0.1, 0.15) is 22.4 Å². The Balaban J connectivity index is 1.71. The van der Waals surface area contributed by atoms with Crippen molar-refractivity contribution >= 4 is 40.0 Å². The van der Waals surface area contributed by atoms with E-state index in [1.807, 2.05) is 25.1 Å².